The molecule has 31 heavy (non-hydrogen) atoms. The molecule has 0 spiro atoms. The minimum Gasteiger partial charge on any atom is -0.497 e. The molecule has 1 atom stereocenters. The lowest BCUT2D eigenvalue weighted by Gasteiger charge is -2.15. The molecule has 0 aliphatic carbocycles. The quantitative estimate of drug-likeness (QED) is 0.420. The Kier molecular flexibility index (Phi) is 8.47. The molecule has 0 saturated carbocycles. The second-order valence-corrected chi connectivity index (χ2v) is 6.80. The molecule has 166 valence electrons. The molecule has 0 aliphatic heterocycles. The van der Waals surface area contributed by atoms with Crippen molar-refractivity contribution in [3.05, 3.63) is 34.3 Å². The predicted octanol–water partition coefficient (Wildman–Crippen LogP) is 4.71. The molecule has 0 fully saturated rings. The van der Waals surface area contributed by atoms with Gasteiger partial charge in [0.25, 0.3) is 5.91 Å². The van der Waals surface area contributed by atoms with Crippen LogP contribution in [-0.4, -0.2) is 46.2 Å². The van der Waals surface area contributed by atoms with E-state index in [0.717, 1.165) is 0 Å². The molecule has 9 nitrogen and oxygen atoms in total. The Hall–Kier alpha value is -3.04. The van der Waals surface area contributed by atoms with E-state index in [2.05, 4.69) is 15.5 Å². The maximum Gasteiger partial charge on any atom is 0.258 e. The van der Waals surface area contributed by atoms with Crippen LogP contribution in [0.15, 0.2) is 34.5 Å². The zero-order valence-corrected chi connectivity index (χ0v) is 19.0. The van der Waals surface area contributed by atoms with Crippen molar-refractivity contribution in [2.45, 2.75) is 13.0 Å². The van der Waals surface area contributed by atoms with Crippen LogP contribution in [0.2, 0.25) is 10.0 Å². The van der Waals surface area contributed by atoms with Crippen LogP contribution in [0.3, 0.4) is 0 Å². The lowest BCUT2D eigenvalue weighted by molar-refractivity contribution is -0.126. The highest BCUT2D eigenvalue weighted by atomic mass is 35.5. The Morgan fingerprint density at radius 2 is 1.61 bits per heavy atom. The molecular weight excluding hydrogens is 449 g/mol. The molecule has 1 N–H and O–H groups in total. The number of methoxy groups -OCH3 is 4. The normalized spacial score (nSPS) is 11.7. The summed E-state index contributed by atoms with van der Waals surface area (Å²) in [5.41, 5.74) is 0.405. The van der Waals surface area contributed by atoms with Gasteiger partial charge in [0.15, 0.2) is 11.5 Å². The summed E-state index contributed by atoms with van der Waals surface area (Å²) in [5.74, 6) is -0.0178. The van der Waals surface area contributed by atoms with Gasteiger partial charge in [-0.3, -0.25) is 9.59 Å². The van der Waals surface area contributed by atoms with Gasteiger partial charge in [-0.1, -0.05) is 23.2 Å². The number of benzene rings is 2. The first-order valence-electron chi connectivity index (χ1n) is 8.81. The van der Waals surface area contributed by atoms with E-state index in [0.29, 0.717) is 17.2 Å². The molecule has 0 aliphatic rings. The molecular formula is C20H21Cl2N3O6. The summed E-state index contributed by atoms with van der Waals surface area (Å²) in [5, 5.41) is 10.7. The molecule has 2 rings (SSSR count). The number of carbonyl (C=O) groups is 2. The summed E-state index contributed by atoms with van der Waals surface area (Å²) >= 11 is 12.4. The summed E-state index contributed by atoms with van der Waals surface area (Å²) in [6.45, 7) is 1.22. The van der Waals surface area contributed by atoms with Gasteiger partial charge in [0, 0.05) is 12.1 Å². The van der Waals surface area contributed by atoms with Gasteiger partial charge in [0.1, 0.15) is 33.0 Å². The number of Topliss-reactive ketones (excluding diaryl/α,β-unsaturated/α-hetero) is 1. The number of anilines is 1. The molecule has 0 saturated heterocycles. The van der Waals surface area contributed by atoms with Crippen molar-refractivity contribution in [2.24, 2.45) is 10.2 Å². The second kappa shape index (κ2) is 10.8. The summed E-state index contributed by atoms with van der Waals surface area (Å²) in [4.78, 5) is 24.8. The first kappa shape index (κ1) is 24.2. The third-order valence-electron chi connectivity index (χ3n) is 4.11. The number of carbonyl (C=O) groups excluding carboxylic acids is 2. The number of nitrogens with one attached hydrogen (secondary N) is 1. The summed E-state index contributed by atoms with van der Waals surface area (Å²) in [6, 6.07) is 4.69. The standard InChI is InChI=1S/C20H21Cl2N3O6/c1-10(26)18(25-24-13-8-11(28-2)9-15(30-4)16(13)21)20(27)23-12-6-7-14(29-3)17(22)19(12)31-5/h6-9,18H,1-5H3,(H,23,27). The third kappa shape index (κ3) is 5.56. The van der Waals surface area contributed by atoms with Crippen LogP contribution in [0.1, 0.15) is 6.92 Å². The number of halogens is 2. The minimum atomic E-state index is -1.45. The molecule has 11 heteroatoms. The van der Waals surface area contributed by atoms with Crippen LogP contribution in [0, 0.1) is 0 Å². The highest BCUT2D eigenvalue weighted by molar-refractivity contribution is 6.34. The lowest BCUT2D eigenvalue weighted by atomic mass is 10.2. The molecule has 0 bridgehead atoms. The van der Waals surface area contributed by atoms with Gasteiger partial charge < -0.3 is 24.3 Å². The Balaban J connectivity index is 2.35. The molecule has 0 heterocycles. The van der Waals surface area contributed by atoms with E-state index in [1.807, 2.05) is 0 Å². The fourth-order valence-electron chi connectivity index (χ4n) is 2.53. The lowest BCUT2D eigenvalue weighted by Crippen LogP contribution is -2.32. The zero-order valence-electron chi connectivity index (χ0n) is 17.5. The Labute approximate surface area is 189 Å². The van der Waals surface area contributed by atoms with Gasteiger partial charge in [-0.2, -0.15) is 10.2 Å². The van der Waals surface area contributed by atoms with Crippen LogP contribution in [-0.2, 0) is 9.59 Å². The minimum absolute atomic E-state index is 0.151. The van der Waals surface area contributed by atoms with E-state index in [9.17, 15) is 9.59 Å². The van der Waals surface area contributed by atoms with Gasteiger partial charge in [-0.05, 0) is 19.1 Å². The third-order valence-corrected chi connectivity index (χ3v) is 4.84. The predicted molar refractivity (Wildman–Crippen MR) is 117 cm³/mol. The van der Waals surface area contributed by atoms with Gasteiger partial charge >= 0.3 is 0 Å². The number of nitrogens with zero attached hydrogens (tertiary/aromatic N) is 2. The highest BCUT2D eigenvalue weighted by Crippen LogP contribution is 2.40. The number of ketones is 1. The van der Waals surface area contributed by atoms with Crippen molar-refractivity contribution < 1.29 is 28.5 Å². The average Bonchev–Trinajstić information content (AvgIpc) is 2.75. The second-order valence-electron chi connectivity index (χ2n) is 6.04. The summed E-state index contributed by atoms with van der Waals surface area (Å²) in [6.07, 6.45) is 0. The molecule has 0 aromatic heterocycles. The van der Waals surface area contributed by atoms with Gasteiger partial charge in [-0.15, -0.1) is 0 Å². The number of amides is 1. The van der Waals surface area contributed by atoms with Crippen molar-refractivity contribution in [2.75, 3.05) is 33.8 Å². The summed E-state index contributed by atoms with van der Waals surface area (Å²) in [7, 11) is 5.73. The maximum absolute atomic E-state index is 12.7. The zero-order chi connectivity index (χ0) is 23.1. The molecule has 2 aromatic carbocycles. The Bertz CT molecular complexity index is 1010. The van der Waals surface area contributed by atoms with Crippen molar-refractivity contribution in [1.82, 2.24) is 0 Å². The number of hydrogen-bond donors (Lipinski definition) is 1. The van der Waals surface area contributed by atoms with E-state index in [1.54, 1.807) is 12.1 Å². The molecule has 2 aromatic rings. The first-order chi connectivity index (χ1) is 14.8. The number of azo groups is 1. The fraction of sp³-hybridized carbons (Fsp3) is 0.300. The van der Waals surface area contributed by atoms with Crippen LogP contribution in [0.4, 0.5) is 11.4 Å². The number of rotatable bonds is 9. The van der Waals surface area contributed by atoms with Crippen LogP contribution < -0.4 is 24.3 Å². The first-order valence-corrected chi connectivity index (χ1v) is 9.57. The van der Waals surface area contributed by atoms with Gasteiger partial charge in [-0.25, -0.2) is 0 Å². The summed E-state index contributed by atoms with van der Waals surface area (Å²) < 4.78 is 20.7. The van der Waals surface area contributed by atoms with E-state index >= 15 is 0 Å². The van der Waals surface area contributed by atoms with Crippen molar-refractivity contribution in [1.29, 1.82) is 0 Å². The van der Waals surface area contributed by atoms with E-state index < -0.39 is 17.7 Å². The highest BCUT2D eigenvalue weighted by Gasteiger charge is 2.25. The monoisotopic (exact) mass is 469 g/mol. The van der Waals surface area contributed by atoms with Crippen molar-refractivity contribution >= 4 is 46.3 Å². The largest absolute Gasteiger partial charge is 0.497 e. The molecule has 1 unspecified atom stereocenters. The molecule has 1 amide bonds. The SMILES string of the molecule is COc1cc(N=NC(C(C)=O)C(=O)Nc2ccc(OC)c(Cl)c2OC)c(Cl)c(OC)c1. The van der Waals surface area contributed by atoms with E-state index in [1.165, 1.54) is 47.5 Å². The Morgan fingerprint density at radius 3 is 2.16 bits per heavy atom. The molecule has 0 radical (unpaired) electrons. The fourth-order valence-corrected chi connectivity index (χ4v) is 3.07. The van der Waals surface area contributed by atoms with Crippen LogP contribution in [0.25, 0.3) is 0 Å². The number of hydrogen-bond acceptors (Lipinski definition) is 8. The maximum atomic E-state index is 12.7. The Morgan fingerprint density at radius 1 is 0.935 bits per heavy atom. The average molecular weight is 470 g/mol. The van der Waals surface area contributed by atoms with Crippen LogP contribution >= 0.6 is 23.2 Å². The van der Waals surface area contributed by atoms with Gasteiger partial charge in [0.05, 0.1) is 34.1 Å². The van der Waals surface area contributed by atoms with Crippen LogP contribution in [0.5, 0.6) is 23.0 Å². The van der Waals surface area contributed by atoms with Crippen molar-refractivity contribution in [3.63, 3.8) is 0 Å². The van der Waals surface area contributed by atoms with E-state index in [4.69, 9.17) is 42.1 Å². The van der Waals surface area contributed by atoms with Gasteiger partial charge in [0.2, 0.25) is 6.04 Å². The van der Waals surface area contributed by atoms with E-state index in [-0.39, 0.29) is 27.2 Å². The topological polar surface area (TPSA) is 108 Å². The van der Waals surface area contributed by atoms with Crippen molar-refractivity contribution in [3.8, 4) is 23.0 Å². The number of ether oxygens (including phenoxy) is 4. The smallest absolute Gasteiger partial charge is 0.258 e.